The molecule has 1 fully saturated rings. The van der Waals surface area contributed by atoms with Crippen molar-refractivity contribution in [2.24, 2.45) is 7.05 Å². The molecule has 0 bridgehead atoms. The van der Waals surface area contributed by atoms with E-state index in [2.05, 4.69) is 10.4 Å². The van der Waals surface area contributed by atoms with Crippen molar-refractivity contribution in [3.05, 3.63) is 12.4 Å². The summed E-state index contributed by atoms with van der Waals surface area (Å²) in [4.78, 5) is 0. The number of hydrogen-bond acceptors (Lipinski definition) is 3. The summed E-state index contributed by atoms with van der Waals surface area (Å²) in [6.07, 6.45) is 6.54. The smallest absolute Gasteiger partial charge is 0.0728 e. The summed E-state index contributed by atoms with van der Waals surface area (Å²) in [5.41, 5.74) is 1.15. The molecule has 1 aliphatic heterocycles. The molecule has 3 nitrogen and oxygen atoms in total. The molecule has 0 radical (unpaired) electrons. The van der Waals surface area contributed by atoms with Crippen molar-refractivity contribution in [1.82, 2.24) is 9.78 Å². The van der Waals surface area contributed by atoms with E-state index in [4.69, 9.17) is 0 Å². The van der Waals surface area contributed by atoms with E-state index in [-0.39, 0.29) is 0 Å². The fourth-order valence-corrected chi connectivity index (χ4v) is 2.66. The maximum absolute atomic E-state index is 4.13. The third-order valence-electron chi connectivity index (χ3n) is 2.24. The van der Waals surface area contributed by atoms with Gasteiger partial charge in [0.15, 0.2) is 0 Å². The van der Waals surface area contributed by atoms with Gasteiger partial charge >= 0.3 is 0 Å². The molecular weight excluding hydrogens is 182 g/mol. The second-order valence-electron chi connectivity index (χ2n) is 3.46. The Morgan fingerprint density at radius 2 is 2.62 bits per heavy atom. The molecule has 0 unspecified atom stereocenters. The van der Waals surface area contributed by atoms with Gasteiger partial charge in [-0.05, 0) is 18.6 Å². The van der Waals surface area contributed by atoms with Crippen LogP contribution in [0.4, 0.5) is 5.69 Å². The van der Waals surface area contributed by atoms with E-state index in [1.54, 1.807) is 0 Å². The Hall–Kier alpha value is -0.640. The molecule has 0 aliphatic carbocycles. The Labute approximate surface area is 82.9 Å². The summed E-state index contributed by atoms with van der Waals surface area (Å²) in [6.45, 7) is 0. The number of hydrogen-bond donors (Lipinski definition) is 1. The van der Waals surface area contributed by atoms with E-state index < -0.39 is 0 Å². The highest BCUT2D eigenvalue weighted by Crippen LogP contribution is 2.20. The third kappa shape index (κ3) is 2.40. The van der Waals surface area contributed by atoms with Crippen molar-refractivity contribution in [3.63, 3.8) is 0 Å². The average Bonchev–Trinajstić information content (AvgIpc) is 2.53. The lowest BCUT2D eigenvalue weighted by atomic mass is 10.2. The Balaban J connectivity index is 1.89. The Morgan fingerprint density at radius 1 is 1.69 bits per heavy atom. The van der Waals surface area contributed by atoms with E-state index in [9.17, 15) is 0 Å². The van der Waals surface area contributed by atoms with Gasteiger partial charge in [0.2, 0.25) is 0 Å². The molecule has 0 aromatic carbocycles. The number of nitrogens with zero attached hydrogens (tertiary/aromatic N) is 2. The fourth-order valence-electron chi connectivity index (χ4n) is 1.59. The largest absolute Gasteiger partial charge is 0.379 e. The van der Waals surface area contributed by atoms with Gasteiger partial charge in [-0.3, -0.25) is 4.68 Å². The summed E-state index contributed by atoms with van der Waals surface area (Å²) in [6, 6.07) is 0.642. The molecule has 1 saturated heterocycles. The number of rotatable bonds is 2. The molecule has 72 valence electrons. The normalized spacial score (nSPS) is 23.0. The molecule has 0 amide bonds. The van der Waals surface area contributed by atoms with Gasteiger partial charge in [-0.15, -0.1) is 0 Å². The van der Waals surface area contributed by atoms with Crippen molar-refractivity contribution in [2.45, 2.75) is 18.9 Å². The van der Waals surface area contributed by atoms with Crippen LogP contribution in [0.3, 0.4) is 0 Å². The zero-order valence-corrected chi connectivity index (χ0v) is 8.68. The van der Waals surface area contributed by atoms with Crippen molar-refractivity contribution in [3.8, 4) is 0 Å². The first-order valence-electron chi connectivity index (χ1n) is 4.67. The van der Waals surface area contributed by atoms with Gasteiger partial charge in [-0.25, -0.2) is 0 Å². The Bertz CT molecular complexity index is 266. The summed E-state index contributed by atoms with van der Waals surface area (Å²) < 4.78 is 1.83. The Morgan fingerprint density at radius 3 is 3.23 bits per heavy atom. The summed E-state index contributed by atoms with van der Waals surface area (Å²) in [7, 11) is 1.95. The fraction of sp³-hybridized carbons (Fsp3) is 0.667. The number of thioether (sulfide) groups is 1. The molecule has 2 rings (SSSR count). The SMILES string of the molecule is Cn1cc(N[C@H]2CCCSC2)cn1. The molecule has 1 N–H and O–H groups in total. The highest BCUT2D eigenvalue weighted by molar-refractivity contribution is 7.99. The third-order valence-corrected chi connectivity index (χ3v) is 3.45. The number of anilines is 1. The minimum atomic E-state index is 0.642. The van der Waals surface area contributed by atoms with Crippen LogP contribution in [0.2, 0.25) is 0 Å². The topological polar surface area (TPSA) is 29.9 Å². The predicted molar refractivity (Wildman–Crippen MR) is 57.2 cm³/mol. The van der Waals surface area contributed by atoms with Crippen molar-refractivity contribution < 1.29 is 0 Å². The van der Waals surface area contributed by atoms with Crippen LogP contribution >= 0.6 is 11.8 Å². The molecule has 1 aromatic heterocycles. The highest BCUT2D eigenvalue weighted by atomic mass is 32.2. The number of nitrogens with one attached hydrogen (secondary N) is 1. The maximum atomic E-state index is 4.13. The second-order valence-corrected chi connectivity index (χ2v) is 4.61. The molecule has 1 aromatic rings. The van der Waals surface area contributed by atoms with E-state index in [1.165, 1.54) is 24.3 Å². The lowest BCUT2D eigenvalue weighted by molar-refractivity contribution is 0.685. The molecule has 1 atom stereocenters. The van der Waals surface area contributed by atoms with Gasteiger partial charge in [0.05, 0.1) is 11.9 Å². The second kappa shape index (κ2) is 4.05. The summed E-state index contributed by atoms with van der Waals surface area (Å²) in [5, 5.41) is 7.63. The highest BCUT2D eigenvalue weighted by Gasteiger charge is 2.13. The van der Waals surface area contributed by atoms with Crippen LogP contribution in [-0.2, 0) is 7.05 Å². The zero-order chi connectivity index (χ0) is 9.10. The van der Waals surface area contributed by atoms with Crippen LogP contribution in [0.1, 0.15) is 12.8 Å². The monoisotopic (exact) mass is 197 g/mol. The van der Waals surface area contributed by atoms with Gasteiger partial charge in [-0.2, -0.15) is 16.9 Å². The van der Waals surface area contributed by atoms with E-state index >= 15 is 0 Å². The summed E-state index contributed by atoms with van der Waals surface area (Å²) >= 11 is 2.04. The van der Waals surface area contributed by atoms with Crippen LogP contribution in [0.25, 0.3) is 0 Å². The first-order chi connectivity index (χ1) is 6.34. The molecule has 0 spiro atoms. The van der Waals surface area contributed by atoms with Gasteiger partial charge in [0.1, 0.15) is 0 Å². The lowest BCUT2D eigenvalue weighted by Gasteiger charge is -2.22. The quantitative estimate of drug-likeness (QED) is 0.783. The van der Waals surface area contributed by atoms with Gasteiger partial charge < -0.3 is 5.32 Å². The molecule has 2 heterocycles. The van der Waals surface area contributed by atoms with E-state index in [1.807, 2.05) is 35.9 Å². The Kier molecular flexibility index (Phi) is 2.78. The zero-order valence-electron chi connectivity index (χ0n) is 7.86. The lowest BCUT2D eigenvalue weighted by Crippen LogP contribution is -2.25. The van der Waals surface area contributed by atoms with E-state index in [0.29, 0.717) is 6.04 Å². The summed E-state index contributed by atoms with van der Waals surface area (Å²) in [5.74, 6) is 2.56. The minimum absolute atomic E-state index is 0.642. The molecule has 13 heavy (non-hydrogen) atoms. The van der Waals surface area contributed by atoms with Crippen LogP contribution in [-0.4, -0.2) is 27.3 Å². The van der Waals surface area contributed by atoms with Crippen LogP contribution in [0.5, 0.6) is 0 Å². The van der Waals surface area contributed by atoms with Crippen LogP contribution in [0.15, 0.2) is 12.4 Å². The number of aryl methyl sites for hydroxylation is 1. The molecule has 4 heteroatoms. The van der Waals surface area contributed by atoms with Gasteiger partial charge in [-0.1, -0.05) is 0 Å². The van der Waals surface area contributed by atoms with Crippen molar-refractivity contribution in [1.29, 1.82) is 0 Å². The first-order valence-corrected chi connectivity index (χ1v) is 5.83. The standard InChI is InChI=1S/C9H15N3S/c1-12-6-9(5-10-12)11-8-3-2-4-13-7-8/h5-6,8,11H,2-4,7H2,1H3/t8-/m0/s1. The number of aromatic nitrogens is 2. The van der Waals surface area contributed by atoms with Crippen molar-refractivity contribution in [2.75, 3.05) is 16.8 Å². The minimum Gasteiger partial charge on any atom is -0.379 e. The predicted octanol–water partition coefficient (Wildman–Crippen LogP) is 1.73. The molecule has 0 saturated carbocycles. The molecule has 1 aliphatic rings. The van der Waals surface area contributed by atoms with Crippen molar-refractivity contribution >= 4 is 17.4 Å². The molecular formula is C9H15N3S. The van der Waals surface area contributed by atoms with E-state index in [0.717, 1.165) is 5.69 Å². The van der Waals surface area contributed by atoms with Gasteiger partial charge in [0.25, 0.3) is 0 Å². The van der Waals surface area contributed by atoms with Crippen LogP contribution < -0.4 is 5.32 Å². The maximum Gasteiger partial charge on any atom is 0.0728 e. The first kappa shape index (κ1) is 8.94. The average molecular weight is 197 g/mol. The van der Waals surface area contributed by atoms with Gasteiger partial charge in [0, 0.05) is 25.0 Å². The van der Waals surface area contributed by atoms with Crippen LogP contribution in [0, 0.1) is 0 Å².